The van der Waals surface area contributed by atoms with E-state index in [-0.39, 0.29) is 23.0 Å². The fraction of sp³-hybridized carbons (Fsp3) is 0.529. The van der Waals surface area contributed by atoms with Gasteiger partial charge in [0, 0.05) is 18.2 Å². The van der Waals surface area contributed by atoms with Crippen LogP contribution in [0.5, 0.6) is 0 Å². The van der Waals surface area contributed by atoms with Crippen molar-refractivity contribution in [3.63, 3.8) is 0 Å². The molecular formula is C17H24N2O5S. The van der Waals surface area contributed by atoms with Gasteiger partial charge < -0.3 is 10.1 Å². The van der Waals surface area contributed by atoms with Crippen LogP contribution in [0, 0.1) is 6.92 Å². The molecule has 25 heavy (non-hydrogen) atoms. The molecule has 1 aromatic carbocycles. The van der Waals surface area contributed by atoms with E-state index in [2.05, 4.69) is 10.1 Å². The molecule has 1 N–H and O–H groups in total. The van der Waals surface area contributed by atoms with Gasteiger partial charge in [-0.05, 0) is 44.4 Å². The van der Waals surface area contributed by atoms with Gasteiger partial charge in [0.2, 0.25) is 10.0 Å². The van der Waals surface area contributed by atoms with Gasteiger partial charge in [-0.1, -0.05) is 12.5 Å². The highest BCUT2D eigenvalue weighted by Crippen LogP contribution is 2.26. The van der Waals surface area contributed by atoms with Gasteiger partial charge in [0.1, 0.15) is 6.54 Å². The van der Waals surface area contributed by atoms with E-state index in [9.17, 15) is 18.0 Å². The zero-order chi connectivity index (χ0) is 18.6. The molecule has 0 aromatic heterocycles. The molecule has 0 aliphatic carbocycles. The van der Waals surface area contributed by atoms with Crippen LogP contribution in [0.15, 0.2) is 23.1 Å². The Morgan fingerprint density at radius 2 is 2.04 bits per heavy atom. The Balaban J connectivity index is 2.28. The minimum absolute atomic E-state index is 0.0587. The van der Waals surface area contributed by atoms with E-state index in [4.69, 9.17) is 0 Å². The number of nitrogens with zero attached hydrogens (tertiary/aromatic N) is 1. The van der Waals surface area contributed by atoms with Gasteiger partial charge in [0.05, 0.1) is 12.0 Å². The molecule has 1 aromatic rings. The first-order valence-electron chi connectivity index (χ1n) is 8.25. The lowest BCUT2D eigenvalue weighted by Crippen LogP contribution is -2.42. The minimum Gasteiger partial charge on any atom is -0.468 e. The topological polar surface area (TPSA) is 92.8 Å². The number of rotatable bonds is 5. The summed E-state index contributed by atoms with van der Waals surface area (Å²) in [5, 5.41) is 2.44. The molecule has 0 bridgehead atoms. The van der Waals surface area contributed by atoms with Crippen molar-refractivity contribution < 1.29 is 22.7 Å². The second-order valence-corrected chi connectivity index (χ2v) is 8.09. The highest BCUT2D eigenvalue weighted by Gasteiger charge is 2.31. The molecule has 0 spiro atoms. The van der Waals surface area contributed by atoms with Crippen molar-refractivity contribution in [3.8, 4) is 0 Å². The summed E-state index contributed by atoms with van der Waals surface area (Å²) >= 11 is 0. The Hall–Kier alpha value is -1.93. The van der Waals surface area contributed by atoms with Crippen LogP contribution in [0.4, 0.5) is 0 Å². The Kier molecular flexibility index (Phi) is 6.18. The molecule has 1 heterocycles. The van der Waals surface area contributed by atoms with Gasteiger partial charge in [0.15, 0.2) is 0 Å². The number of ether oxygens (including phenoxy) is 1. The summed E-state index contributed by atoms with van der Waals surface area (Å²) in [5.41, 5.74) is 0.864. The zero-order valence-corrected chi connectivity index (χ0v) is 15.6. The van der Waals surface area contributed by atoms with Crippen molar-refractivity contribution in [2.45, 2.75) is 44.0 Å². The summed E-state index contributed by atoms with van der Waals surface area (Å²) in [6.07, 6.45) is 2.68. The molecule has 0 radical (unpaired) electrons. The van der Waals surface area contributed by atoms with Gasteiger partial charge in [-0.15, -0.1) is 0 Å². The number of sulfonamides is 1. The zero-order valence-electron chi connectivity index (χ0n) is 14.7. The van der Waals surface area contributed by atoms with E-state index in [0.717, 1.165) is 19.3 Å². The predicted octanol–water partition coefficient (Wildman–Crippen LogP) is 1.46. The first kappa shape index (κ1) is 19.4. The summed E-state index contributed by atoms with van der Waals surface area (Å²) in [6.45, 7) is 3.83. The predicted molar refractivity (Wildman–Crippen MR) is 92.7 cm³/mol. The number of aryl methyl sites for hydroxylation is 1. The Bertz CT molecular complexity index is 760. The fourth-order valence-electron chi connectivity index (χ4n) is 2.89. The molecule has 1 atom stereocenters. The number of piperidine rings is 1. The maximum atomic E-state index is 12.9. The quantitative estimate of drug-likeness (QED) is 0.795. The van der Waals surface area contributed by atoms with E-state index < -0.39 is 21.9 Å². The van der Waals surface area contributed by atoms with E-state index in [1.165, 1.54) is 23.5 Å². The number of carbonyl (C=O) groups is 2. The van der Waals surface area contributed by atoms with Gasteiger partial charge >= 0.3 is 5.97 Å². The third-order valence-corrected chi connectivity index (χ3v) is 6.43. The van der Waals surface area contributed by atoms with E-state index >= 15 is 0 Å². The number of esters is 1. The lowest BCUT2D eigenvalue weighted by molar-refractivity contribution is -0.139. The molecule has 1 amide bonds. The standard InChI is InChI=1S/C17H24N2O5S/c1-12-7-8-14(10-15(12)17(21)18-11-16(20)24-3)25(22,23)19-9-5-4-6-13(19)2/h7-8,10,13H,4-6,9,11H2,1-3H3,(H,18,21). The normalized spacial score (nSPS) is 18.6. The Morgan fingerprint density at radius 1 is 1.32 bits per heavy atom. The third-order valence-electron chi connectivity index (χ3n) is 4.42. The first-order valence-corrected chi connectivity index (χ1v) is 9.69. The number of nitrogens with one attached hydrogen (secondary N) is 1. The lowest BCUT2D eigenvalue weighted by atomic mass is 10.1. The van der Waals surface area contributed by atoms with E-state index in [1.54, 1.807) is 13.0 Å². The van der Waals surface area contributed by atoms with Crippen molar-refractivity contribution in [3.05, 3.63) is 29.3 Å². The van der Waals surface area contributed by atoms with Crippen molar-refractivity contribution in [1.82, 2.24) is 9.62 Å². The number of carbonyl (C=O) groups excluding carboxylic acids is 2. The largest absolute Gasteiger partial charge is 0.468 e. The van der Waals surface area contributed by atoms with Crippen LogP contribution in [0.2, 0.25) is 0 Å². The molecule has 7 nitrogen and oxygen atoms in total. The Morgan fingerprint density at radius 3 is 2.68 bits per heavy atom. The van der Waals surface area contributed by atoms with Crippen LogP contribution in [0.25, 0.3) is 0 Å². The highest BCUT2D eigenvalue weighted by molar-refractivity contribution is 7.89. The number of benzene rings is 1. The number of methoxy groups -OCH3 is 1. The average Bonchev–Trinajstić information content (AvgIpc) is 2.59. The van der Waals surface area contributed by atoms with Gasteiger partial charge in [-0.3, -0.25) is 9.59 Å². The summed E-state index contributed by atoms with van der Waals surface area (Å²) in [6, 6.07) is 4.44. The van der Waals surface area contributed by atoms with E-state index in [0.29, 0.717) is 12.1 Å². The first-order chi connectivity index (χ1) is 11.8. The number of amides is 1. The second kappa shape index (κ2) is 7.97. The van der Waals surface area contributed by atoms with Crippen molar-refractivity contribution in [1.29, 1.82) is 0 Å². The highest BCUT2D eigenvalue weighted by atomic mass is 32.2. The SMILES string of the molecule is COC(=O)CNC(=O)c1cc(S(=O)(=O)N2CCCCC2C)ccc1C. The van der Waals surface area contributed by atoms with Crippen molar-refractivity contribution >= 4 is 21.9 Å². The third kappa shape index (κ3) is 4.38. The maximum Gasteiger partial charge on any atom is 0.325 e. The van der Waals surface area contributed by atoms with Gasteiger partial charge in [-0.2, -0.15) is 4.31 Å². The maximum absolute atomic E-state index is 12.9. The van der Waals surface area contributed by atoms with Crippen LogP contribution >= 0.6 is 0 Å². The second-order valence-electron chi connectivity index (χ2n) is 6.20. The molecule has 1 unspecified atom stereocenters. The molecule has 1 saturated heterocycles. The fourth-order valence-corrected chi connectivity index (χ4v) is 4.62. The van der Waals surface area contributed by atoms with Crippen molar-refractivity contribution in [2.24, 2.45) is 0 Å². The average molecular weight is 368 g/mol. The molecule has 8 heteroatoms. The molecule has 1 aliphatic heterocycles. The molecule has 1 fully saturated rings. The van der Waals surface area contributed by atoms with Crippen molar-refractivity contribution in [2.75, 3.05) is 20.2 Å². The number of hydrogen-bond acceptors (Lipinski definition) is 5. The summed E-state index contributed by atoms with van der Waals surface area (Å²) in [5.74, 6) is -1.08. The number of hydrogen-bond donors (Lipinski definition) is 1. The van der Waals surface area contributed by atoms with Crippen LogP contribution in [-0.4, -0.2) is 50.8 Å². The van der Waals surface area contributed by atoms with Crippen LogP contribution in [0.3, 0.4) is 0 Å². The van der Waals surface area contributed by atoms with Gasteiger partial charge in [-0.25, -0.2) is 8.42 Å². The molecule has 138 valence electrons. The lowest BCUT2D eigenvalue weighted by Gasteiger charge is -2.32. The smallest absolute Gasteiger partial charge is 0.325 e. The van der Waals surface area contributed by atoms with Crippen LogP contribution in [-0.2, 0) is 19.6 Å². The van der Waals surface area contributed by atoms with E-state index in [1.807, 2.05) is 6.92 Å². The summed E-state index contributed by atoms with van der Waals surface area (Å²) < 4.78 is 31.8. The summed E-state index contributed by atoms with van der Waals surface area (Å²) in [7, 11) is -2.43. The molecule has 2 rings (SSSR count). The molecule has 0 saturated carbocycles. The molecule has 1 aliphatic rings. The molecular weight excluding hydrogens is 344 g/mol. The minimum atomic E-state index is -3.66. The van der Waals surface area contributed by atoms with Crippen LogP contribution < -0.4 is 5.32 Å². The summed E-state index contributed by atoms with van der Waals surface area (Å²) in [4.78, 5) is 23.5. The monoisotopic (exact) mass is 368 g/mol. The Labute approximate surface area is 148 Å². The van der Waals surface area contributed by atoms with Gasteiger partial charge in [0.25, 0.3) is 5.91 Å². The van der Waals surface area contributed by atoms with Crippen LogP contribution in [0.1, 0.15) is 42.1 Å².